The molecule has 2 heterocycles. The standard InChI is InChI=1S/C28H30N6O3S/c1-28(2,3)17-33-25-21(14-29)24(19-5-7-20(8-6-19)37-12-11-35)22(15-30)27(34-25)38-16-18-9-10-32-23(13-18)26(36)31-4/h5-10,13,35H,11-12,16-17H2,1-4H3,(H,31,36)(H,33,34). The Hall–Kier alpha value is -4.12. The first kappa shape index (κ1) is 28.5. The van der Waals surface area contributed by atoms with Crippen LogP contribution in [0.4, 0.5) is 5.82 Å². The van der Waals surface area contributed by atoms with Crippen LogP contribution in [0.3, 0.4) is 0 Å². The van der Waals surface area contributed by atoms with Crippen LogP contribution in [0.5, 0.6) is 5.75 Å². The van der Waals surface area contributed by atoms with Gasteiger partial charge in [0, 0.05) is 31.1 Å². The molecular weight excluding hydrogens is 500 g/mol. The Morgan fingerprint density at radius 1 is 1.13 bits per heavy atom. The number of ether oxygens (including phenoxy) is 1. The lowest BCUT2D eigenvalue weighted by atomic mass is 9.95. The Morgan fingerprint density at radius 2 is 1.84 bits per heavy atom. The number of nitrogens with zero attached hydrogens (tertiary/aromatic N) is 4. The van der Waals surface area contributed by atoms with Gasteiger partial charge in [0.05, 0.1) is 12.2 Å². The van der Waals surface area contributed by atoms with Gasteiger partial charge in [0.25, 0.3) is 5.91 Å². The quantitative estimate of drug-likeness (QED) is 0.325. The number of pyridine rings is 2. The minimum absolute atomic E-state index is 0.0746. The molecule has 0 radical (unpaired) electrons. The third-order valence-electron chi connectivity index (χ3n) is 5.34. The molecule has 0 spiro atoms. The summed E-state index contributed by atoms with van der Waals surface area (Å²) in [5.74, 6) is 1.12. The summed E-state index contributed by atoms with van der Waals surface area (Å²) in [6, 6.07) is 15.0. The summed E-state index contributed by atoms with van der Waals surface area (Å²) in [7, 11) is 1.55. The highest BCUT2D eigenvalue weighted by atomic mass is 32.2. The Kier molecular flexibility index (Phi) is 9.66. The molecule has 0 atom stereocenters. The van der Waals surface area contributed by atoms with Crippen molar-refractivity contribution in [3.05, 3.63) is 65.0 Å². The van der Waals surface area contributed by atoms with Crippen LogP contribution in [0.1, 0.15) is 48.0 Å². The summed E-state index contributed by atoms with van der Waals surface area (Å²) in [4.78, 5) is 20.8. The fourth-order valence-corrected chi connectivity index (χ4v) is 4.43. The predicted molar refractivity (Wildman–Crippen MR) is 147 cm³/mol. The number of carbonyl (C=O) groups is 1. The van der Waals surface area contributed by atoms with Crippen LogP contribution in [0, 0.1) is 28.1 Å². The molecular formula is C28H30N6O3S. The topological polar surface area (TPSA) is 144 Å². The molecule has 0 bridgehead atoms. The van der Waals surface area contributed by atoms with Crippen LogP contribution in [0.15, 0.2) is 47.6 Å². The van der Waals surface area contributed by atoms with Crippen molar-refractivity contribution < 1.29 is 14.6 Å². The van der Waals surface area contributed by atoms with E-state index < -0.39 is 0 Å². The Balaban J connectivity index is 2.08. The number of nitrogens with one attached hydrogen (secondary N) is 2. The lowest BCUT2D eigenvalue weighted by Gasteiger charge is -2.21. The fraction of sp³-hybridized carbons (Fsp3) is 0.321. The zero-order valence-corrected chi connectivity index (χ0v) is 22.6. The average molecular weight is 531 g/mol. The number of thioether (sulfide) groups is 1. The number of aliphatic hydroxyl groups excluding tert-OH is 1. The highest BCUT2D eigenvalue weighted by Crippen LogP contribution is 2.38. The van der Waals surface area contributed by atoms with Gasteiger partial charge in [0.15, 0.2) is 0 Å². The second kappa shape index (κ2) is 12.9. The summed E-state index contributed by atoms with van der Waals surface area (Å²) >= 11 is 1.35. The molecule has 0 saturated heterocycles. The molecule has 38 heavy (non-hydrogen) atoms. The van der Waals surface area contributed by atoms with Crippen molar-refractivity contribution in [2.24, 2.45) is 5.41 Å². The summed E-state index contributed by atoms with van der Waals surface area (Å²) in [6.07, 6.45) is 1.57. The molecule has 0 unspecified atom stereocenters. The number of aliphatic hydroxyl groups is 1. The molecule has 0 aliphatic heterocycles. The number of benzene rings is 1. The van der Waals surface area contributed by atoms with Crippen LogP contribution in [0.2, 0.25) is 0 Å². The molecule has 0 aliphatic carbocycles. The molecule has 9 nitrogen and oxygen atoms in total. The first-order valence-electron chi connectivity index (χ1n) is 12.0. The second-order valence-electron chi connectivity index (χ2n) is 9.54. The van der Waals surface area contributed by atoms with E-state index in [4.69, 9.17) is 14.8 Å². The van der Waals surface area contributed by atoms with Gasteiger partial charge < -0.3 is 20.5 Å². The first-order valence-corrected chi connectivity index (χ1v) is 12.9. The monoisotopic (exact) mass is 530 g/mol. The van der Waals surface area contributed by atoms with Gasteiger partial charge in [-0.25, -0.2) is 4.98 Å². The minimum Gasteiger partial charge on any atom is -0.491 e. The molecule has 0 aliphatic rings. The number of aromatic nitrogens is 2. The smallest absolute Gasteiger partial charge is 0.269 e. The fourth-order valence-electron chi connectivity index (χ4n) is 3.50. The van der Waals surface area contributed by atoms with Crippen molar-refractivity contribution in [1.29, 1.82) is 10.5 Å². The molecule has 1 amide bonds. The lowest BCUT2D eigenvalue weighted by Crippen LogP contribution is -2.20. The number of rotatable bonds is 10. The number of hydrogen-bond acceptors (Lipinski definition) is 9. The lowest BCUT2D eigenvalue weighted by molar-refractivity contribution is 0.0958. The van der Waals surface area contributed by atoms with Crippen molar-refractivity contribution >= 4 is 23.5 Å². The highest BCUT2D eigenvalue weighted by molar-refractivity contribution is 7.98. The molecule has 3 rings (SSSR count). The third kappa shape index (κ3) is 7.22. The van der Waals surface area contributed by atoms with Gasteiger partial charge >= 0.3 is 0 Å². The van der Waals surface area contributed by atoms with E-state index >= 15 is 0 Å². The van der Waals surface area contributed by atoms with Crippen LogP contribution in [0.25, 0.3) is 11.1 Å². The molecule has 0 saturated carbocycles. The van der Waals surface area contributed by atoms with Crippen molar-refractivity contribution in [3.8, 4) is 29.0 Å². The van der Waals surface area contributed by atoms with E-state index in [-0.39, 0.29) is 35.7 Å². The number of anilines is 1. The highest BCUT2D eigenvalue weighted by Gasteiger charge is 2.23. The number of nitriles is 2. The van der Waals surface area contributed by atoms with E-state index in [1.54, 1.807) is 49.6 Å². The zero-order chi connectivity index (χ0) is 27.7. The van der Waals surface area contributed by atoms with Gasteiger partial charge in [0.1, 0.15) is 46.6 Å². The van der Waals surface area contributed by atoms with Crippen LogP contribution < -0.4 is 15.4 Å². The van der Waals surface area contributed by atoms with E-state index in [0.717, 1.165) is 5.56 Å². The van der Waals surface area contributed by atoms with Crippen LogP contribution >= 0.6 is 11.8 Å². The van der Waals surface area contributed by atoms with Crippen molar-refractivity contribution in [1.82, 2.24) is 15.3 Å². The van der Waals surface area contributed by atoms with Crippen molar-refractivity contribution in [2.45, 2.75) is 31.6 Å². The van der Waals surface area contributed by atoms with Gasteiger partial charge in [-0.2, -0.15) is 10.5 Å². The van der Waals surface area contributed by atoms with Gasteiger partial charge in [-0.1, -0.05) is 32.9 Å². The first-order chi connectivity index (χ1) is 18.2. The second-order valence-corrected chi connectivity index (χ2v) is 10.5. The number of hydrogen-bond donors (Lipinski definition) is 3. The molecule has 10 heteroatoms. The van der Waals surface area contributed by atoms with Gasteiger partial charge in [-0.3, -0.25) is 9.78 Å². The van der Waals surface area contributed by atoms with Crippen molar-refractivity contribution in [2.75, 3.05) is 32.1 Å². The minimum atomic E-state index is -0.284. The summed E-state index contributed by atoms with van der Waals surface area (Å²) in [6.45, 7) is 6.85. The largest absolute Gasteiger partial charge is 0.491 e. The molecule has 3 aromatic rings. The maximum atomic E-state index is 12.0. The molecule has 0 fully saturated rings. The summed E-state index contributed by atoms with van der Waals surface area (Å²) < 4.78 is 5.46. The Labute approximate surface area is 226 Å². The van der Waals surface area contributed by atoms with Gasteiger partial charge in [0.2, 0.25) is 0 Å². The van der Waals surface area contributed by atoms with Gasteiger partial charge in [-0.05, 0) is 40.8 Å². The summed E-state index contributed by atoms with van der Waals surface area (Å²) in [5, 5.41) is 35.7. The predicted octanol–water partition coefficient (Wildman–Crippen LogP) is 4.37. The van der Waals surface area contributed by atoms with E-state index in [2.05, 4.69) is 48.5 Å². The molecule has 3 N–H and O–H groups in total. The van der Waals surface area contributed by atoms with Crippen LogP contribution in [-0.2, 0) is 5.75 Å². The van der Waals surface area contributed by atoms with Crippen molar-refractivity contribution in [3.63, 3.8) is 0 Å². The van der Waals surface area contributed by atoms with Gasteiger partial charge in [-0.15, -0.1) is 11.8 Å². The zero-order valence-electron chi connectivity index (χ0n) is 21.8. The normalized spacial score (nSPS) is 10.8. The van der Waals surface area contributed by atoms with E-state index in [1.807, 2.05) is 0 Å². The third-order valence-corrected chi connectivity index (χ3v) is 6.38. The van der Waals surface area contributed by atoms with E-state index in [1.165, 1.54) is 11.8 Å². The summed E-state index contributed by atoms with van der Waals surface area (Å²) in [5.41, 5.74) is 2.80. The SMILES string of the molecule is CNC(=O)c1cc(CSc2nc(NCC(C)(C)C)c(C#N)c(-c3ccc(OCCO)cc3)c2C#N)ccn1. The number of amides is 1. The Bertz CT molecular complexity index is 1370. The molecule has 1 aromatic carbocycles. The molecule has 2 aromatic heterocycles. The Morgan fingerprint density at radius 3 is 2.45 bits per heavy atom. The van der Waals surface area contributed by atoms with E-state index in [0.29, 0.717) is 45.7 Å². The molecule has 196 valence electrons. The maximum absolute atomic E-state index is 12.0. The number of carbonyl (C=O) groups excluding carboxylic acids is 1. The van der Waals surface area contributed by atoms with E-state index in [9.17, 15) is 15.3 Å². The van der Waals surface area contributed by atoms with Crippen LogP contribution in [-0.4, -0.2) is 47.8 Å². The average Bonchev–Trinajstić information content (AvgIpc) is 2.92. The maximum Gasteiger partial charge on any atom is 0.269 e.